The minimum absolute atomic E-state index is 0.165. The number of benzene rings is 2. The molecule has 126 valence electrons. The molecule has 25 heavy (non-hydrogen) atoms. The molecule has 0 unspecified atom stereocenters. The van der Waals surface area contributed by atoms with E-state index in [4.69, 9.17) is 21.1 Å². The summed E-state index contributed by atoms with van der Waals surface area (Å²) in [6, 6.07) is 12.4. The minimum Gasteiger partial charge on any atom is -0.454 e. The van der Waals surface area contributed by atoms with Crippen molar-refractivity contribution in [3.8, 4) is 22.8 Å². The minimum atomic E-state index is -0.267. The van der Waals surface area contributed by atoms with Gasteiger partial charge in [0.2, 0.25) is 6.79 Å². The van der Waals surface area contributed by atoms with Gasteiger partial charge in [0.25, 0.3) is 5.91 Å². The molecule has 1 aromatic heterocycles. The third-order valence-corrected chi connectivity index (χ3v) is 4.28. The molecule has 2 heterocycles. The molecule has 0 radical (unpaired) electrons. The number of H-pyrrole nitrogens is 1. The summed E-state index contributed by atoms with van der Waals surface area (Å²) in [6.07, 6.45) is 0. The van der Waals surface area contributed by atoms with Crippen molar-refractivity contribution in [1.29, 1.82) is 0 Å². The van der Waals surface area contributed by atoms with Crippen molar-refractivity contribution in [2.45, 2.75) is 6.92 Å². The van der Waals surface area contributed by atoms with Crippen molar-refractivity contribution in [3.63, 3.8) is 0 Å². The van der Waals surface area contributed by atoms with Gasteiger partial charge in [-0.25, -0.2) is 0 Å². The Morgan fingerprint density at radius 3 is 2.84 bits per heavy atom. The van der Waals surface area contributed by atoms with Gasteiger partial charge in [0.1, 0.15) is 5.69 Å². The topological polar surface area (TPSA) is 76.2 Å². The number of carbonyl (C=O) groups is 1. The van der Waals surface area contributed by atoms with E-state index in [2.05, 4.69) is 15.5 Å². The van der Waals surface area contributed by atoms with E-state index in [0.29, 0.717) is 33.5 Å². The van der Waals surface area contributed by atoms with E-state index >= 15 is 0 Å². The third kappa shape index (κ3) is 2.81. The van der Waals surface area contributed by atoms with E-state index < -0.39 is 0 Å². The molecule has 2 aromatic carbocycles. The molecular formula is C18H14ClN3O3. The zero-order valence-corrected chi connectivity index (χ0v) is 14.1. The van der Waals surface area contributed by atoms with Crippen LogP contribution in [-0.2, 0) is 0 Å². The van der Waals surface area contributed by atoms with Crippen LogP contribution in [0.25, 0.3) is 11.3 Å². The fraction of sp³-hybridized carbons (Fsp3) is 0.111. The molecular weight excluding hydrogens is 342 g/mol. The SMILES string of the molecule is Cc1[nH]nc(-c2ccccc2Cl)c1NC(=O)c1ccc2c(c1)OCO2. The Morgan fingerprint density at radius 1 is 1.20 bits per heavy atom. The number of aromatic nitrogens is 2. The van der Waals surface area contributed by atoms with Crippen molar-refractivity contribution in [2.75, 3.05) is 12.1 Å². The molecule has 7 heteroatoms. The number of aryl methyl sites for hydroxylation is 1. The van der Waals surface area contributed by atoms with Gasteiger partial charge >= 0.3 is 0 Å². The maximum absolute atomic E-state index is 12.7. The summed E-state index contributed by atoms with van der Waals surface area (Å²) in [4.78, 5) is 12.7. The van der Waals surface area contributed by atoms with Gasteiger partial charge in [-0.2, -0.15) is 5.10 Å². The number of anilines is 1. The summed E-state index contributed by atoms with van der Waals surface area (Å²) in [5.41, 5.74) is 3.14. The van der Waals surface area contributed by atoms with E-state index in [1.165, 1.54) is 0 Å². The van der Waals surface area contributed by atoms with Crippen LogP contribution in [0.5, 0.6) is 11.5 Å². The highest BCUT2D eigenvalue weighted by molar-refractivity contribution is 6.33. The molecule has 4 rings (SSSR count). The lowest BCUT2D eigenvalue weighted by Crippen LogP contribution is -2.12. The van der Waals surface area contributed by atoms with Gasteiger partial charge in [-0.15, -0.1) is 0 Å². The van der Waals surface area contributed by atoms with Crippen LogP contribution in [0.1, 0.15) is 16.1 Å². The van der Waals surface area contributed by atoms with Crippen LogP contribution in [0.2, 0.25) is 5.02 Å². The first-order valence-electron chi connectivity index (χ1n) is 7.64. The van der Waals surface area contributed by atoms with Gasteiger partial charge in [0, 0.05) is 11.1 Å². The van der Waals surface area contributed by atoms with Gasteiger partial charge in [-0.05, 0) is 31.2 Å². The van der Waals surface area contributed by atoms with Crippen LogP contribution in [0.3, 0.4) is 0 Å². The van der Waals surface area contributed by atoms with Crippen molar-refractivity contribution < 1.29 is 14.3 Å². The molecule has 0 aliphatic carbocycles. The highest BCUT2D eigenvalue weighted by Crippen LogP contribution is 2.35. The second kappa shape index (κ2) is 6.14. The molecule has 2 N–H and O–H groups in total. The second-order valence-corrected chi connectivity index (χ2v) is 5.98. The Morgan fingerprint density at radius 2 is 2.00 bits per heavy atom. The monoisotopic (exact) mass is 355 g/mol. The smallest absolute Gasteiger partial charge is 0.255 e. The molecule has 1 aliphatic rings. The van der Waals surface area contributed by atoms with E-state index in [0.717, 1.165) is 11.3 Å². The molecule has 3 aromatic rings. The van der Waals surface area contributed by atoms with Crippen molar-refractivity contribution in [3.05, 3.63) is 58.7 Å². The number of aromatic amines is 1. The zero-order valence-electron chi connectivity index (χ0n) is 13.3. The lowest BCUT2D eigenvalue weighted by atomic mass is 10.1. The van der Waals surface area contributed by atoms with Gasteiger partial charge in [0.15, 0.2) is 11.5 Å². The Bertz CT molecular complexity index is 968. The number of nitrogens with one attached hydrogen (secondary N) is 2. The molecule has 0 saturated heterocycles. The predicted octanol–water partition coefficient (Wildman–Crippen LogP) is 4.02. The van der Waals surface area contributed by atoms with Crippen LogP contribution in [0.4, 0.5) is 5.69 Å². The largest absolute Gasteiger partial charge is 0.454 e. The van der Waals surface area contributed by atoms with Gasteiger partial charge in [-0.1, -0.05) is 29.8 Å². The molecule has 1 amide bonds. The summed E-state index contributed by atoms with van der Waals surface area (Å²) >= 11 is 6.26. The summed E-state index contributed by atoms with van der Waals surface area (Å²) in [5.74, 6) is 0.923. The second-order valence-electron chi connectivity index (χ2n) is 5.57. The average molecular weight is 356 g/mol. The standard InChI is InChI=1S/C18H14ClN3O3/c1-10-16(17(22-21-10)12-4-2-3-5-13(12)19)20-18(23)11-6-7-14-15(8-11)25-9-24-14/h2-8H,9H2,1H3,(H,20,23)(H,21,22). The van der Waals surface area contributed by atoms with E-state index in [-0.39, 0.29) is 12.7 Å². The average Bonchev–Trinajstić information content (AvgIpc) is 3.22. The first-order chi connectivity index (χ1) is 12.1. The van der Waals surface area contributed by atoms with Crippen LogP contribution in [0.15, 0.2) is 42.5 Å². The van der Waals surface area contributed by atoms with Gasteiger partial charge < -0.3 is 14.8 Å². The predicted molar refractivity (Wildman–Crippen MR) is 94.3 cm³/mol. The number of rotatable bonds is 3. The number of fused-ring (bicyclic) bond motifs is 1. The molecule has 0 atom stereocenters. The summed E-state index contributed by atoms with van der Waals surface area (Å²) in [7, 11) is 0. The van der Waals surface area contributed by atoms with Gasteiger partial charge in [-0.3, -0.25) is 9.89 Å². The number of ether oxygens (including phenoxy) is 2. The van der Waals surface area contributed by atoms with Gasteiger partial charge in [0.05, 0.1) is 16.4 Å². The van der Waals surface area contributed by atoms with E-state index in [9.17, 15) is 4.79 Å². The number of amides is 1. The lowest BCUT2D eigenvalue weighted by Gasteiger charge is -2.08. The quantitative estimate of drug-likeness (QED) is 0.744. The number of halogens is 1. The Kier molecular flexibility index (Phi) is 3.82. The Balaban J connectivity index is 1.66. The highest BCUT2D eigenvalue weighted by Gasteiger charge is 2.20. The first-order valence-corrected chi connectivity index (χ1v) is 8.02. The number of hydrogen-bond acceptors (Lipinski definition) is 4. The zero-order chi connectivity index (χ0) is 17.4. The molecule has 0 saturated carbocycles. The molecule has 0 fully saturated rings. The van der Waals surface area contributed by atoms with Crippen LogP contribution < -0.4 is 14.8 Å². The number of hydrogen-bond donors (Lipinski definition) is 2. The number of nitrogens with zero attached hydrogens (tertiary/aromatic N) is 1. The van der Waals surface area contributed by atoms with E-state index in [1.807, 2.05) is 25.1 Å². The van der Waals surface area contributed by atoms with Crippen molar-refractivity contribution in [1.82, 2.24) is 10.2 Å². The van der Waals surface area contributed by atoms with Crippen molar-refractivity contribution in [2.24, 2.45) is 0 Å². The normalized spacial score (nSPS) is 12.2. The summed E-state index contributed by atoms with van der Waals surface area (Å²) < 4.78 is 10.6. The maximum atomic E-state index is 12.7. The highest BCUT2D eigenvalue weighted by atomic mass is 35.5. The fourth-order valence-electron chi connectivity index (χ4n) is 2.65. The third-order valence-electron chi connectivity index (χ3n) is 3.95. The molecule has 6 nitrogen and oxygen atoms in total. The van der Waals surface area contributed by atoms with Crippen LogP contribution in [0, 0.1) is 6.92 Å². The molecule has 0 bridgehead atoms. The summed E-state index contributed by atoms with van der Waals surface area (Å²) in [6.45, 7) is 2.00. The fourth-order valence-corrected chi connectivity index (χ4v) is 2.88. The summed E-state index contributed by atoms with van der Waals surface area (Å²) in [5, 5.41) is 10.6. The maximum Gasteiger partial charge on any atom is 0.255 e. The van der Waals surface area contributed by atoms with Crippen molar-refractivity contribution >= 4 is 23.2 Å². The van der Waals surface area contributed by atoms with Crippen LogP contribution in [-0.4, -0.2) is 22.9 Å². The number of carbonyl (C=O) groups excluding carboxylic acids is 1. The lowest BCUT2D eigenvalue weighted by molar-refractivity contribution is 0.102. The first kappa shape index (κ1) is 15.5. The van der Waals surface area contributed by atoms with Crippen LogP contribution >= 0.6 is 11.6 Å². The Hall–Kier alpha value is -2.99. The molecule has 1 aliphatic heterocycles. The van der Waals surface area contributed by atoms with E-state index in [1.54, 1.807) is 24.3 Å². The molecule has 0 spiro atoms. The Labute approximate surface area is 148 Å².